The lowest BCUT2D eigenvalue weighted by Crippen LogP contribution is -2.23. The Kier molecular flexibility index (Phi) is 5.98. The highest BCUT2D eigenvalue weighted by Gasteiger charge is 2.24. The number of nitrogens with zero attached hydrogens (tertiary/aromatic N) is 1. The maximum absolute atomic E-state index is 12.6. The Hall–Kier alpha value is -2.36. The van der Waals surface area contributed by atoms with Gasteiger partial charge in [-0.1, -0.05) is 11.6 Å². The number of carbonyl (C=O) groups excluding carboxylic acids is 2. The van der Waals surface area contributed by atoms with Crippen LogP contribution >= 0.6 is 11.6 Å². The molecule has 0 aliphatic heterocycles. The quantitative estimate of drug-likeness (QED) is 0.732. The lowest BCUT2D eigenvalue weighted by atomic mass is 10.1. The second-order valence-corrected chi connectivity index (χ2v) is 8.53. The van der Waals surface area contributed by atoms with Crippen molar-refractivity contribution in [1.29, 1.82) is 0 Å². The van der Waals surface area contributed by atoms with Crippen molar-refractivity contribution in [1.82, 2.24) is 9.29 Å². The molecule has 1 heterocycles. The van der Waals surface area contributed by atoms with E-state index in [1.807, 2.05) is 0 Å². The molecular formula is C17H20ClN3O5S. The van der Waals surface area contributed by atoms with Gasteiger partial charge in [-0.25, -0.2) is 17.5 Å². The summed E-state index contributed by atoms with van der Waals surface area (Å²) in [5, 5.41) is 2.65. The number of amides is 1. The Morgan fingerprint density at radius 2 is 1.85 bits per heavy atom. The Labute approximate surface area is 162 Å². The molecule has 0 radical (unpaired) electrons. The van der Waals surface area contributed by atoms with Crippen LogP contribution in [0.3, 0.4) is 0 Å². The van der Waals surface area contributed by atoms with E-state index in [0.717, 1.165) is 4.31 Å². The van der Waals surface area contributed by atoms with Crippen molar-refractivity contribution in [2.45, 2.75) is 18.7 Å². The zero-order valence-electron chi connectivity index (χ0n) is 15.5. The molecular weight excluding hydrogens is 394 g/mol. The number of rotatable bonds is 5. The minimum Gasteiger partial charge on any atom is -0.465 e. The van der Waals surface area contributed by atoms with Crippen LogP contribution in [0.2, 0.25) is 5.02 Å². The monoisotopic (exact) mass is 413 g/mol. The van der Waals surface area contributed by atoms with E-state index in [1.54, 1.807) is 13.8 Å². The van der Waals surface area contributed by atoms with Crippen LogP contribution in [0.1, 0.15) is 32.1 Å². The minimum absolute atomic E-state index is 0.0431. The summed E-state index contributed by atoms with van der Waals surface area (Å²) in [6.07, 6.45) is 0. The number of aromatic amines is 1. The number of hydrogen-bond acceptors (Lipinski definition) is 5. The van der Waals surface area contributed by atoms with Gasteiger partial charge in [0.1, 0.15) is 10.6 Å². The predicted octanol–water partition coefficient (Wildman–Crippen LogP) is 2.57. The Balaban J connectivity index is 2.39. The fourth-order valence-electron chi connectivity index (χ4n) is 2.55. The number of nitrogens with one attached hydrogen (secondary N) is 2. The fourth-order valence-corrected chi connectivity index (χ4v) is 3.95. The molecule has 0 aliphatic rings. The minimum atomic E-state index is -3.77. The van der Waals surface area contributed by atoms with E-state index in [2.05, 4.69) is 10.3 Å². The highest BCUT2D eigenvalue weighted by Crippen LogP contribution is 2.27. The molecule has 0 saturated heterocycles. The summed E-state index contributed by atoms with van der Waals surface area (Å²) in [5.41, 5.74) is 1.65. The van der Waals surface area contributed by atoms with Crippen molar-refractivity contribution in [3.8, 4) is 0 Å². The molecule has 2 N–H and O–H groups in total. The predicted molar refractivity (Wildman–Crippen MR) is 102 cm³/mol. The molecule has 1 amide bonds. The van der Waals surface area contributed by atoms with E-state index in [9.17, 15) is 18.0 Å². The Morgan fingerprint density at radius 1 is 1.22 bits per heavy atom. The van der Waals surface area contributed by atoms with Crippen molar-refractivity contribution in [3.63, 3.8) is 0 Å². The van der Waals surface area contributed by atoms with Gasteiger partial charge in [0.25, 0.3) is 5.91 Å². The van der Waals surface area contributed by atoms with Crippen molar-refractivity contribution >= 4 is 39.2 Å². The maximum atomic E-state index is 12.6. The van der Waals surface area contributed by atoms with Gasteiger partial charge in [0.2, 0.25) is 10.0 Å². The highest BCUT2D eigenvalue weighted by atomic mass is 35.5. The van der Waals surface area contributed by atoms with E-state index >= 15 is 0 Å². The molecule has 10 heteroatoms. The topological polar surface area (TPSA) is 109 Å². The summed E-state index contributed by atoms with van der Waals surface area (Å²) < 4.78 is 30.4. The van der Waals surface area contributed by atoms with Crippen LogP contribution in [0.25, 0.3) is 0 Å². The molecule has 0 bridgehead atoms. The largest absolute Gasteiger partial charge is 0.465 e. The third-order valence-electron chi connectivity index (χ3n) is 4.00. The number of aromatic nitrogens is 1. The molecule has 2 aromatic rings. The smallest absolute Gasteiger partial charge is 0.339 e. The summed E-state index contributed by atoms with van der Waals surface area (Å²) in [7, 11) is 0.254. The fraction of sp³-hybridized carbons (Fsp3) is 0.294. The lowest BCUT2D eigenvalue weighted by Gasteiger charge is -2.14. The number of aryl methyl sites for hydroxylation is 1. The number of hydrogen-bond donors (Lipinski definition) is 2. The first-order chi connectivity index (χ1) is 12.5. The highest BCUT2D eigenvalue weighted by molar-refractivity contribution is 7.89. The molecule has 8 nitrogen and oxygen atoms in total. The first-order valence-electron chi connectivity index (χ1n) is 7.81. The van der Waals surface area contributed by atoms with Crippen molar-refractivity contribution in [2.75, 3.05) is 26.5 Å². The van der Waals surface area contributed by atoms with Gasteiger partial charge in [0.15, 0.2) is 0 Å². The lowest BCUT2D eigenvalue weighted by molar-refractivity contribution is 0.0599. The van der Waals surface area contributed by atoms with E-state index in [0.29, 0.717) is 11.3 Å². The molecule has 1 aromatic carbocycles. The summed E-state index contributed by atoms with van der Waals surface area (Å²) in [6.45, 7) is 3.27. The third kappa shape index (κ3) is 4.00. The van der Waals surface area contributed by atoms with Gasteiger partial charge in [-0.2, -0.15) is 0 Å². The van der Waals surface area contributed by atoms with Crippen LogP contribution in [-0.2, 0) is 14.8 Å². The number of methoxy groups -OCH3 is 1. The molecule has 0 fully saturated rings. The average molecular weight is 414 g/mol. The van der Waals surface area contributed by atoms with Crippen LogP contribution in [0.4, 0.5) is 5.69 Å². The van der Waals surface area contributed by atoms with E-state index in [1.165, 1.54) is 39.4 Å². The average Bonchev–Trinajstić information content (AvgIpc) is 2.90. The maximum Gasteiger partial charge on any atom is 0.339 e. The summed E-state index contributed by atoms with van der Waals surface area (Å²) in [5.74, 6) is -1.08. The molecule has 0 aliphatic carbocycles. The van der Waals surface area contributed by atoms with Crippen LogP contribution in [0.15, 0.2) is 23.1 Å². The zero-order valence-corrected chi connectivity index (χ0v) is 17.1. The van der Waals surface area contributed by atoms with Gasteiger partial charge >= 0.3 is 5.97 Å². The van der Waals surface area contributed by atoms with Crippen LogP contribution < -0.4 is 5.32 Å². The number of ether oxygens (including phenoxy) is 1. The molecule has 0 unspecified atom stereocenters. The number of anilines is 1. The number of H-pyrrole nitrogens is 1. The second kappa shape index (κ2) is 7.71. The molecule has 146 valence electrons. The van der Waals surface area contributed by atoms with Crippen molar-refractivity contribution < 1.29 is 22.7 Å². The SMILES string of the molecule is COC(=O)c1c(C)[nH]c(C(=O)Nc2ccc(Cl)c(S(=O)(=O)N(C)C)c2)c1C. The van der Waals surface area contributed by atoms with Crippen molar-refractivity contribution in [3.05, 3.63) is 45.7 Å². The molecule has 1 aromatic heterocycles. The normalized spacial score (nSPS) is 11.5. The zero-order chi connectivity index (χ0) is 20.5. The van der Waals surface area contributed by atoms with Crippen molar-refractivity contribution in [2.24, 2.45) is 0 Å². The summed E-state index contributed by atoms with van der Waals surface area (Å²) in [4.78, 5) is 27.2. The van der Waals surface area contributed by atoms with Crippen LogP contribution in [-0.4, -0.2) is 50.8 Å². The molecule has 0 atom stereocenters. The summed E-state index contributed by atoms with van der Waals surface area (Å²) in [6, 6.07) is 4.16. The first-order valence-corrected chi connectivity index (χ1v) is 9.63. The molecule has 0 saturated carbocycles. The van der Waals surface area contributed by atoms with E-state index < -0.39 is 21.9 Å². The molecule has 2 rings (SSSR count). The van der Waals surface area contributed by atoms with E-state index in [-0.39, 0.29) is 26.9 Å². The van der Waals surface area contributed by atoms with Gasteiger partial charge in [-0.3, -0.25) is 4.79 Å². The van der Waals surface area contributed by atoms with Gasteiger partial charge in [0.05, 0.1) is 17.7 Å². The first kappa shape index (κ1) is 20.9. The summed E-state index contributed by atoms with van der Waals surface area (Å²) >= 11 is 6.00. The molecule has 0 spiro atoms. The van der Waals surface area contributed by atoms with Crippen LogP contribution in [0, 0.1) is 13.8 Å². The molecule has 27 heavy (non-hydrogen) atoms. The number of carbonyl (C=O) groups is 2. The Bertz CT molecular complexity index is 1010. The number of benzene rings is 1. The number of sulfonamides is 1. The van der Waals surface area contributed by atoms with Gasteiger partial charge in [-0.05, 0) is 37.6 Å². The third-order valence-corrected chi connectivity index (χ3v) is 6.30. The van der Waals surface area contributed by atoms with Gasteiger partial charge in [0, 0.05) is 25.5 Å². The van der Waals surface area contributed by atoms with Gasteiger partial charge < -0.3 is 15.0 Å². The Morgan fingerprint density at radius 3 is 2.41 bits per heavy atom. The number of esters is 1. The van der Waals surface area contributed by atoms with Gasteiger partial charge in [-0.15, -0.1) is 0 Å². The standard InChI is InChI=1S/C17H20ClN3O5S/c1-9-14(17(23)26-5)10(2)19-15(9)16(22)20-11-6-7-12(18)13(8-11)27(24,25)21(3)4/h6-8,19H,1-5H3,(H,20,22). The second-order valence-electron chi connectivity index (χ2n) is 6.00. The number of halogens is 1. The van der Waals surface area contributed by atoms with Crippen LogP contribution in [0.5, 0.6) is 0 Å². The van der Waals surface area contributed by atoms with E-state index in [4.69, 9.17) is 16.3 Å².